The Morgan fingerprint density at radius 1 is 1.20 bits per heavy atom. The lowest BCUT2D eigenvalue weighted by atomic mass is 10.00. The van der Waals surface area contributed by atoms with Crippen molar-refractivity contribution in [3.05, 3.63) is 28.7 Å². The second kappa shape index (κ2) is 7.02. The number of hydrogen-bond acceptors (Lipinski definition) is 6. The molecule has 0 radical (unpaired) electrons. The van der Waals surface area contributed by atoms with Crippen molar-refractivity contribution in [2.45, 2.75) is 70.0 Å². The molecule has 1 N–H and O–H groups in total. The Labute approximate surface area is 176 Å². The van der Waals surface area contributed by atoms with Crippen molar-refractivity contribution in [2.24, 2.45) is 5.41 Å². The molecule has 5 rings (SSSR count). The summed E-state index contributed by atoms with van der Waals surface area (Å²) in [5, 5.41) is 4.27. The average Bonchev–Trinajstić information content (AvgIpc) is 3.34. The van der Waals surface area contributed by atoms with Gasteiger partial charge in [0.25, 0.3) is 5.56 Å². The minimum absolute atomic E-state index is 0.0143. The van der Waals surface area contributed by atoms with Crippen molar-refractivity contribution in [3.8, 4) is 0 Å². The van der Waals surface area contributed by atoms with Crippen LogP contribution in [0, 0.1) is 5.41 Å². The van der Waals surface area contributed by atoms with Crippen LogP contribution in [0.1, 0.15) is 57.9 Å². The Bertz CT molecular complexity index is 1140. The van der Waals surface area contributed by atoms with Crippen LogP contribution in [0.2, 0.25) is 0 Å². The SMILES string of the molecule is CC1C[C@@H](Nc2ncc3ccc(=O)n([C@H]4CCCC45CC5)c3n2)CCN1S(C)(=O)=O. The van der Waals surface area contributed by atoms with Crippen LogP contribution in [-0.2, 0) is 10.0 Å². The summed E-state index contributed by atoms with van der Waals surface area (Å²) in [5.74, 6) is 0.509. The lowest BCUT2D eigenvalue weighted by Crippen LogP contribution is -2.47. The number of piperidine rings is 1. The van der Waals surface area contributed by atoms with Crippen LogP contribution >= 0.6 is 0 Å². The van der Waals surface area contributed by atoms with Crippen LogP contribution < -0.4 is 10.9 Å². The van der Waals surface area contributed by atoms with Crippen LogP contribution in [0.3, 0.4) is 0 Å². The van der Waals surface area contributed by atoms with Gasteiger partial charge in [-0.1, -0.05) is 6.42 Å². The van der Waals surface area contributed by atoms with E-state index >= 15 is 0 Å². The van der Waals surface area contributed by atoms with Crippen LogP contribution in [0.15, 0.2) is 23.1 Å². The molecule has 3 aliphatic rings. The fourth-order valence-electron chi connectivity index (χ4n) is 5.63. The summed E-state index contributed by atoms with van der Waals surface area (Å²) in [4.78, 5) is 22.1. The summed E-state index contributed by atoms with van der Waals surface area (Å²) in [6.07, 6.45) is 10.2. The van der Waals surface area contributed by atoms with Gasteiger partial charge < -0.3 is 5.32 Å². The summed E-state index contributed by atoms with van der Waals surface area (Å²) in [6.45, 7) is 2.42. The van der Waals surface area contributed by atoms with Gasteiger partial charge in [0.1, 0.15) is 5.65 Å². The molecular weight excluding hydrogens is 402 g/mol. The molecular formula is C21H29N5O3S. The summed E-state index contributed by atoms with van der Waals surface area (Å²) in [7, 11) is -3.19. The zero-order chi connectivity index (χ0) is 21.1. The molecule has 30 heavy (non-hydrogen) atoms. The molecule has 8 nitrogen and oxygen atoms in total. The Morgan fingerprint density at radius 2 is 2.00 bits per heavy atom. The highest BCUT2D eigenvalue weighted by atomic mass is 32.2. The van der Waals surface area contributed by atoms with Gasteiger partial charge >= 0.3 is 0 Å². The molecule has 2 aromatic heterocycles. The maximum Gasteiger partial charge on any atom is 0.252 e. The highest BCUT2D eigenvalue weighted by molar-refractivity contribution is 7.88. The van der Waals surface area contributed by atoms with Gasteiger partial charge in [0.15, 0.2) is 0 Å². The molecule has 3 atom stereocenters. The fourth-order valence-corrected chi connectivity index (χ4v) is 6.81. The van der Waals surface area contributed by atoms with Crippen molar-refractivity contribution in [1.29, 1.82) is 0 Å². The third kappa shape index (κ3) is 3.41. The summed E-state index contributed by atoms with van der Waals surface area (Å²) >= 11 is 0. The van der Waals surface area contributed by atoms with E-state index in [-0.39, 0.29) is 23.7 Å². The van der Waals surface area contributed by atoms with Crippen molar-refractivity contribution >= 4 is 27.0 Å². The predicted octanol–water partition coefficient (Wildman–Crippen LogP) is 2.52. The van der Waals surface area contributed by atoms with Crippen molar-refractivity contribution in [3.63, 3.8) is 0 Å². The largest absolute Gasteiger partial charge is 0.351 e. The van der Waals surface area contributed by atoms with E-state index in [0.29, 0.717) is 36.4 Å². The van der Waals surface area contributed by atoms with Gasteiger partial charge in [0, 0.05) is 42.3 Å². The molecule has 1 saturated heterocycles. The summed E-state index contributed by atoms with van der Waals surface area (Å²) in [6, 6.07) is 3.70. The van der Waals surface area contributed by atoms with Crippen LogP contribution in [0.5, 0.6) is 0 Å². The second-order valence-corrected chi connectivity index (χ2v) is 11.3. The van der Waals surface area contributed by atoms with Gasteiger partial charge in [-0.3, -0.25) is 9.36 Å². The number of fused-ring (bicyclic) bond motifs is 1. The molecule has 3 fully saturated rings. The molecule has 0 amide bonds. The van der Waals surface area contributed by atoms with Gasteiger partial charge in [0.2, 0.25) is 16.0 Å². The quantitative estimate of drug-likeness (QED) is 0.799. The zero-order valence-electron chi connectivity index (χ0n) is 17.5. The molecule has 1 spiro atoms. The molecule has 2 aromatic rings. The highest BCUT2D eigenvalue weighted by Gasteiger charge is 2.53. The number of anilines is 1. The number of pyridine rings is 1. The molecule has 1 unspecified atom stereocenters. The molecule has 1 aliphatic heterocycles. The first-order valence-electron chi connectivity index (χ1n) is 10.9. The first-order valence-corrected chi connectivity index (χ1v) is 12.7. The second-order valence-electron chi connectivity index (χ2n) is 9.37. The first kappa shape index (κ1) is 19.9. The Hall–Kier alpha value is -2.00. The molecule has 2 aliphatic carbocycles. The van der Waals surface area contributed by atoms with E-state index in [1.807, 2.05) is 11.5 Å². The standard InChI is InChI=1S/C21H29N5O3S/c1-14-12-16(7-11-25(14)30(2,28)29)23-20-22-13-15-5-6-18(27)26(19(15)24-20)17-4-3-8-21(17)9-10-21/h5-6,13-14,16-17H,3-4,7-12H2,1-2H3,(H,22,23,24)/t14?,16-,17-/m0/s1. The average molecular weight is 432 g/mol. The van der Waals surface area contributed by atoms with Crippen molar-refractivity contribution in [2.75, 3.05) is 18.1 Å². The highest BCUT2D eigenvalue weighted by Crippen LogP contribution is 2.63. The molecule has 0 bridgehead atoms. The molecule has 2 saturated carbocycles. The van der Waals surface area contributed by atoms with Crippen LogP contribution in [0.25, 0.3) is 11.0 Å². The molecule has 162 valence electrons. The number of nitrogens with zero attached hydrogens (tertiary/aromatic N) is 4. The van der Waals surface area contributed by atoms with Crippen molar-refractivity contribution < 1.29 is 8.42 Å². The monoisotopic (exact) mass is 431 g/mol. The molecule has 3 heterocycles. The molecule has 0 aromatic carbocycles. The van der Waals surface area contributed by atoms with E-state index in [0.717, 1.165) is 11.8 Å². The Morgan fingerprint density at radius 3 is 2.70 bits per heavy atom. The maximum atomic E-state index is 12.8. The minimum Gasteiger partial charge on any atom is -0.351 e. The molecule has 9 heteroatoms. The van der Waals surface area contributed by atoms with Crippen LogP contribution in [-0.4, -0.2) is 52.1 Å². The van der Waals surface area contributed by atoms with E-state index in [2.05, 4.69) is 10.3 Å². The summed E-state index contributed by atoms with van der Waals surface area (Å²) in [5.41, 5.74) is 1.02. The number of nitrogens with one attached hydrogen (secondary N) is 1. The predicted molar refractivity (Wildman–Crippen MR) is 116 cm³/mol. The Balaban J connectivity index is 1.43. The van der Waals surface area contributed by atoms with Gasteiger partial charge in [-0.15, -0.1) is 0 Å². The fraction of sp³-hybridized carbons (Fsp3) is 0.667. The lowest BCUT2D eigenvalue weighted by molar-refractivity contribution is 0.256. The smallest absolute Gasteiger partial charge is 0.252 e. The Kier molecular flexibility index (Phi) is 4.66. The van der Waals surface area contributed by atoms with Gasteiger partial charge in [-0.25, -0.2) is 13.4 Å². The van der Waals surface area contributed by atoms with Crippen LogP contribution in [0.4, 0.5) is 5.95 Å². The lowest BCUT2D eigenvalue weighted by Gasteiger charge is -2.36. The summed E-state index contributed by atoms with van der Waals surface area (Å²) < 4.78 is 27.3. The first-order chi connectivity index (χ1) is 14.3. The van der Waals surface area contributed by atoms with Gasteiger partial charge in [0.05, 0.1) is 6.26 Å². The van der Waals surface area contributed by atoms with E-state index in [1.54, 1.807) is 22.6 Å². The third-order valence-electron chi connectivity index (χ3n) is 7.30. The zero-order valence-corrected chi connectivity index (χ0v) is 18.4. The number of sulfonamides is 1. The van der Waals surface area contributed by atoms with E-state index in [1.165, 1.54) is 31.9 Å². The van der Waals surface area contributed by atoms with E-state index in [4.69, 9.17) is 4.98 Å². The van der Waals surface area contributed by atoms with E-state index < -0.39 is 10.0 Å². The number of rotatable bonds is 4. The number of hydrogen-bond donors (Lipinski definition) is 1. The van der Waals surface area contributed by atoms with Gasteiger partial charge in [-0.2, -0.15) is 9.29 Å². The normalized spacial score (nSPS) is 28.8. The minimum atomic E-state index is -3.19. The third-order valence-corrected chi connectivity index (χ3v) is 8.70. The van der Waals surface area contributed by atoms with E-state index in [9.17, 15) is 13.2 Å². The number of aromatic nitrogens is 3. The van der Waals surface area contributed by atoms with Crippen molar-refractivity contribution in [1.82, 2.24) is 18.8 Å². The van der Waals surface area contributed by atoms with Gasteiger partial charge in [-0.05, 0) is 56.9 Å². The topological polar surface area (TPSA) is 97.2 Å². The maximum absolute atomic E-state index is 12.8.